The summed E-state index contributed by atoms with van der Waals surface area (Å²) >= 11 is 0. The summed E-state index contributed by atoms with van der Waals surface area (Å²) in [6, 6.07) is 41.6. The predicted octanol–water partition coefficient (Wildman–Crippen LogP) is 6.24. The average Bonchev–Trinajstić information content (AvgIpc) is 3.06. The second-order valence-corrected chi connectivity index (χ2v) is 14.9. The largest absolute Gasteiger partial charge is 0.372 e. The highest BCUT2D eigenvalue weighted by atomic mass is 31.1. The predicted molar refractivity (Wildman–Crippen MR) is 177 cm³/mol. The van der Waals surface area contributed by atoms with Crippen molar-refractivity contribution in [3.8, 4) is 0 Å². The molecule has 4 aromatic rings. The number of aldehydes is 2. The lowest BCUT2D eigenvalue weighted by atomic mass is 9.85. The van der Waals surface area contributed by atoms with E-state index in [1.807, 2.05) is 38.1 Å². The SMILES string of the molecule is CC([C@@H](OCP(c1ccccc1)c1ccccc1)[C@@H](C)C=O)[C@H](OCP(c1ccccc1)c1ccccc1)[C@H](C)C=O. The van der Waals surface area contributed by atoms with Crippen molar-refractivity contribution in [3.05, 3.63) is 121 Å². The van der Waals surface area contributed by atoms with Crippen molar-refractivity contribution in [3.63, 3.8) is 0 Å². The molecule has 0 aliphatic carbocycles. The van der Waals surface area contributed by atoms with Crippen molar-refractivity contribution in [1.29, 1.82) is 0 Å². The summed E-state index contributed by atoms with van der Waals surface area (Å²) in [6.07, 6.45) is 2.04. The van der Waals surface area contributed by atoms with Gasteiger partial charge in [0.2, 0.25) is 0 Å². The molecule has 218 valence electrons. The first-order valence-corrected chi connectivity index (χ1v) is 17.5. The Hall–Kier alpha value is -3.00. The molecule has 0 fully saturated rings. The molecule has 0 heterocycles. The number of carbonyl (C=O) groups is 2. The van der Waals surface area contributed by atoms with Crippen LogP contribution >= 0.6 is 15.8 Å². The Balaban J connectivity index is 1.57. The molecule has 0 spiro atoms. The Bertz CT molecular complexity index is 1150. The lowest BCUT2D eigenvalue weighted by molar-refractivity contribution is -0.125. The van der Waals surface area contributed by atoms with Gasteiger partial charge in [-0.05, 0) is 37.1 Å². The lowest BCUT2D eigenvalue weighted by Crippen LogP contribution is -2.42. The smallest absolute Gasteiger partial charge is 0.125 e. The molecule has 0 N–H and O–H groups in total. The van der Waals surface area contributed by atoms with E-state index in [1.165, 1.54) is 21.2 Å². The first-order valence-electron chi connectivity index (χ1n) is 14.4. The van der Waals surface area contributed by atoms with E-state index in [9.17, 15) is 9.59 Å². The van der Waals surface area contributed by atoms with Gasteiger partial charge < -0.3 is 19.1 Å². The quantitative estimate of drug-likeness (QED) is 0.113. The van der Waals surface area contributed by atoms with Crippen LogP contribution < -0.4 is 21.2 Å². The Morgan fingerprint density at radius 1 is 0.500 bits per heavy atom. The van der Waals surface area contributed by atoms with E-state index < -0.39 is 28.1 Å². The summed E-state index contributed by atoms with van der Waals surface area (Å²) in [7, 11) is -1.60. The van der Waals surface area contributed by atoms with Crippen LogP contribution in [0.3, 0.4) is 0 Å². The van der Waals surface area contributed by atoms with Crippen molar-refractivity contribution in [1.82, 2.24) is 0 Å². The maximum absolute atomic E-state index is 12.2. The number of benzene rings is 4. The maximum Gasteiger partial charge on any atom is 0.125 e. The first-order chi connectivity index (χ1) is 20.5. The molecular formula is C36H40O4P2. The molecule has 0 amide bonds. The third-order valence-electron chi connectivity index (χ3n) is 7.57. The molecule has 0 saturated heterocycles. The van der Waals surface area contributed by atoms with Crippen molar-refractivity contribution in [2.75, 3.05) is 12.7 Å². The topological polar surface area (TPSA) is 52.6 Å². The van der Waals surface area contributed by atoms with Gasteiger partial charge in [-0.1, -0.05) is 142 Å². The van der Waals surface area contributed by atoms with Gasteiger partial charge in [0.15, 0.2) is 0 Å². The zero-order valence-electron chi connectivity index (χ0n) is 24.5. The van der Waals surface area contributed by atoms with E-state index in [2.05, 4.69) is 104 Å². The standard InChI is InChI=1S/C36H40O4P2/c1-28(24-37)35(39-26-41(31-16-8-4-9-17-31)32-18-10-5-11-19-32)30(3)36(29(2)25-38)40-27-42(33-20-12-6-13-21-33)34-22-14-7-15-23-34/h4-25,28-30,35-36H,26-27H2,1-3H3/t28-,29+,30?,35-,36+. The van der Waals surface area contributed by atoms with Gasteiger partial charge in [-0.15, -0.1) is 0 Å². The van der Waals surface area contributed by atoms with Crippen LogP contribution in [0.5, 0.6) is 0 Å². The molecular weight excluding hydrogens is 558 g/mol. The number of rotatable bonds is 16. The van der Waals surface area contributed by atoms with Gasteiger partial charge in [0.1, 0.15) is 12.6 Å². The van der Waals surface area contributed by atoms with Gasteiger partial charge in [0.25, 0.3) is 0 Å². The summed E-state index contributed by atoms with van der Waals surface area (Å²) in [5.41, 5.74) is 0. The van der Waals surface area contributed by atoms with E-state index >= 15 is 0 Å². The van der Waals surface area contributed by atoms with Crippen molar-refractivity contribution in [2.24, 2.45) is 17.8 Å². The monoisotopic (exact) mass is 598 g/mol. The molecule has 0 aliphatic rings. The average molecular weight is 599 g/mol. The van der Waals surface area contributed by atoms with Crippen LogP contribution in [0.15, 0.2) is 121 Å². The highest BCUT2D eigenvalue weighted by Gasteiger charge is 2.35. The molecule has 4 rings (SSSR count). The number of carbonyl (C=O) groups excluding carboxylic acids is 2. The first kappa shape index (κ1) is 31.9. The molecule has 6 heteroatoms. The van der Waals surface area contributed by atoms with Crippen molar-refractivity contribution in [2.45, 2.75) is 33.0 Å². The number of hydrogen-bond acceptors (Lipinski definition) is 4. The summed E-state index contributed by atoms with van der Waals surface area (Å²) in [4.78, 5) is 24.3. The summed E-state index contributed by atoms with van der Waals surface area (Å²) in [5.74, 6) is -0.923. The summed E-state index contributed by atoms with van der Waals surface area (Å²) in [5, 5.41) is 4.87. The number of hydrogen-bond donors (Lipinski definition) is 0. The van der Waals surface area contributed by atoms with Crippen LogP contribution in [0.25, 0.3) is 0 Å². The van der Waals surface area contributed by atoms with E-state index in [0.717, 1.165) is 12.6 Å². The van der Waals surface area contributed by atoms with Crippen molar-refractivity contribution >= 4 is 49.6 Å². The van der Waals surface area contributed by atoms with Crippen LogP contribution in [0, 0.1) is 17.8 Å². The Morgan fingerprint density at radius 3 is 1.00 bits per heavy atom. The minimum atomic E-state index is -0.800. The van der Waals surface area contributed by atoms with Crippen LogP contribution in [0.2, 0.25) is 0 Å². The van der Waals surface area contributed by atoms with Gasteiger partial charge in [-0.25, -0.2) is 0 Å². The van der Waals surface area contributed by atoms with Crippen molar-refractivity contribution < 1.29 is 19.1 Å². The molecule has 4 aromatic carbocycles. The van der Waals surface area contributed by atoms with Crippen LogP contribution in [0.4, 0.5) is 0 Å². The van der Waals surface area contributed by atoms with E-state index in [1.54, 1.807) is 0 Å². The van der Waals surface area contributed by atoms with Crippen LogP contribution in [0.1, 0.15) is 20.8 Å². The molecule has 0 aliphatic heterocycles. The van der Waals surface area contributed by atoms with E-state index in [0.29, 0.717) is 12.7 Å². The highest BCUT2D eigenvalue weighted by molar-refractivity contribution is 7.73. The summed E-state index contributed by atoms with van der Waals surface area (Å²) in [6.45, 7) is 5.84. The normalized spacial score (nSPS) is 15.1. The van der Waals surface area contributed by atoms with Gasteiger partial charge in [0, 0.05) is 17.8 Å². The molecule has 0 saturated carbocycles. The molecule has 42 heavy (non-hydrogen) atoms. The Kier molecular flexibility index (Phi) is 12.6. The maximum atomic E-state index is 12.2. The van der Waals surface area contributed by atoms with Gasteiger partial charge in [-0.2, -0.15) is 0 Å². The number of ether oxygens (including phenoxy) is 2. The van der Waals surface area contributed by atoms with E-state index in [4.69, 9.17) is 9.47 Å². The highest BCUT2D eigenvalue weighted by Crippen LogP contribution is 2.38. The van der Waals surface area contributed by atoms with Gasteiger partial charge in [-0.3, -0.25) is 0 Å². The Morgan fingerprint density at radius 2 is 0.762 bits per heavy atom. The lowest BCUT2D eigenvalue weighted by Gasteiger charge is -2.36. The minimum absolute atomic E-state index is 0.197. The molecule has 1 unspecified atom stereocenters. The molecule has 4 nitrogen and oxygen atoms in total. The molecule has 0 radical (unpaired) electrons. The summed E-state index contributed by atoms with van der Waals surface area (Å²) < 4.78 is 13.4. The zero-order chi connectivity index (χ0) is 29.7. The van der Waals surface area contributed by atoms with E-state index in [-0.39, 0.29) is 17.8 Å². The fraction of sp³-hybridized carbons (Fsp3) is 0.278. The van der Waals surface area contributed by atoms with Crippen LogP contribution in [-0.2, 0) is 19.1 Å². The minimum Gasteiger partial charge on any atom is -0.372 e. The third kappa shape index (κ3) is 8.52. The van der Waals surface area contributed by atoms with Crippen LogP contribution in [-0.4, -0.2) is 37.5 Å². The fourth-order valence-corrected chi connectivity index (χ4v) is 9.22. The van der Waals surface area contributed by atoms with Gasteiger partial charge >= 0.3 is 0 Å². The third-order valence-corrected chi connectivity index (χ3v) is 12.1. The second kappa shape index (κ2) is 16.6. The zero-order valence-corrected chi connectivity index (χ0v) is 26.3. The van der Waals surface area contributed by atoms with Gasteiger partial charge in [0.05, 0.1) is 24.9 Å². The molecule has 5 atom stereocenters. The molecule has 0 bridgehead atoms. The Labute approximate surface area is 253 Å². The fourth-order valence-electron chi connectivity index (χ4n) is 5.26. The molecule has 0 aromatic heterocycles. The second-order valence-electron chi connectivity index (χ2n) is 10.6.